The molecule has 0 saturated carbocycles. The third-order valence-electron chi connectivity index (χ3n) is 2.71. The summed E-state index contributed by atoms with van der Waals surface area (Å²) in [4.78, 5) is 0. The molecule has 4 nitrogen and oxygen atoms in total. The monoisotopic (exact) mass is 303 g/mol. The highest BCUT2D eigenvalue weighted by atomic mass is 79.9. The summed E-state index contributed by atoms with van der Waals surface area (Å²) in [5.41, 5.74) is 1.22. The summed E-state index contributed by atoms with van der Waals surface area (Å²) in [6, 6.07) is 0.298. The molecule has 17 heavy (non-hydrogen) atoms. The van der Waals surface area contributed by atoms with Crippen LogP contribution in [-0.2, 0) is 11.3 Å². The Balaban J connectivity index is 2.81. The van der Waals surface area contributed by atoms with Gasteiger partial charge in [-0.3, -0.25) is 4.68 Å². The Hall–Kier alpha value is -0.390. The summed E-state index contributed by atoms with van der Waals surface area (Å²) in [5, 5.41) is 7.91. The molecule has 0 amide bonds. The average Bonchev–Trinajstić information content (AvgIpc) is 2.71. The second kappa shape index (κ2) is 7.84. The molecule has 0 aliphatic rings. The van der Waals surface area contributed by atoms with Crippen molar-refractivity contribution in [1.29, 1.82) is 0 Å². The van der Waals surface area contributed by atoms with Crippen LogP contribution in [0.4, 0.5) is 0 Å². The van der Waals surface area contributed by atoms with Crippen molar-refractivity contribution in [1.82, 2.24) is 15.1 Å². The van der Waals surface area contributed by atoms with E-state index in [-0.39, 0.29) is 0 Å². The molecule has 1 rings (SSSR count). The van der Waals surface area contributed by atoms with Gasteiger partial charge in [-0.15, -0.1) is 0 Å². The van der Waals surface area contributed by atoms with E-state index in [1.165, 1.54) is 5.69 Å². The minimum absolute atomic E-state index is 0.298. The van der Waals surface area contributed by atoms with Gasteiger partial charge in [0, 0.05) is 20.3 Å². The van der Waals surface area contributed by atoms with Crippen molar-refractivity contribution in [3.05, 3.63) is 16.4 Å². The maximum absolute atomic E-state index is 5.18. The summed E-state index contributed by atoms with van der Waals surface area (Å²) in [5.74, 6) is 0. The zero-order valence-electron chi connectivity index (χ0n) is 10.9. The van der Waals surface area contributed by atoms with E-state index in [0.717, 1.165) is 37.0 Å². The van der Waals surface area contributed by atoms with Gasteiger partial charge in [0.25, 0.3) is 0 Å². The normalized spacial score (nSPS) is 12.9. The van der Waals surface area contributed by atoms with Crippen LogP contribution in [0.2, 0.25) is 0 Å². The highest BCUT2D eigenvalue weighted by molar-refractivity contribution is 9.10. The van der Waals surface area contributed by atoms with Crippen LogP contribution >= 0.6 is 15.9 Å². The SMILES string of the molecule is CCCNC(CCOC)c1c(Br)cnn1CC. The van der Waals surface area contributed by atoms with E-state index in [0.29, 0.717) is 6.04 Å². The molecule has 1 aromatic heterocycles. The standard InChI is InChI=1S/C12H22BrN3O/c1-4-7-14-11(6-8-17-3)12-10(13)9-15-16(12)5-2/h9,11,14H,4-8H2,1-3H3. The number of ether oxygens (including phenoxy) is 1. The van der Waals surface area contributed by atoms with E-state index < -0.39 is 0 Å². The zero-order chi connectivity index (χ0) is 12.7. The van der Waals surface area contributed by atoms with Crippen molar-refractivity contribution in [2.45, 2.75) is 39.3 Å². The Morgan fingerprint density at radius 1 is 1.53 bits per heavy atom. The highest BCUT2D eigenvalue weighted by Gasteiger charge is 2.18. The van der Waals surface area contributed by atoms with Gasteiger partial charge in [0.1, 0.15) is 0 Å². The number of halogens is 1. The minimum Gasteiger partial charge on any atom is -0.385 e. The molecule has 5 heteroatoms. The molecule has 1 N–H and O–H groups in total. The lowest BCUT2D eigenvalue weighted by atomic mass is 10.1. The van der Waals surface area contributed by atoms with Crippen molar-refractivity contribution in [3.8, 4) is 0 Å². The van der Waals surface area contributed by atoms with Crippen molar-refractivity contribution < 1.29 is 4.74 Å². The fourth-order valence-electron chi connectivity index (χ4n) is 1.86. The summed E-state index contributed by atoms with van der Waals surface area (Å²) < 4.78 is 8.29. The maximum Gasteiger partial charge on any atom is 0.0696 e. The lowest BCUT2D eigenvalue weighted by Crippen LogP contribution is -2.26. The first-order chi connectivity index (χ1) is 8.24. The van der Waals surface area contributed by atoms with Crippen LogP contribution in [0, 0.1) is 0 Å². The number of hydrogen-bond acceptors (Lipinski definition) is 3. The Morgan fingerprint density at radius 2 is 2.29 bits per heavy atom. The quantitative estimate of drug-likeness (QED) is 0.802. The van der Waals surface area contributed by atoms with E-state index in [1.54, 1.807) is 7.11 Å². The van der Waals surface area contributed by atoms with Gasteiger partial charge in [0.2, 0.25) is 0 Å². The van der Waals surface area contributed by atoms with E-state index >= 15 is 0 Å². The van der Waals surface area contributed by atoms with Crippen LogP contribution in [0.15, 0.2) is 10.7 Å². The Bertz CT molecular complexity index is 320. The van der Waals surface area contributed by atoms with E-state index in [2.05, 4.69) is 40.2 Å². The molecule has 0 spiro atoms. The third kappa shape index (κ3) is 4.08. The van der Waals surface area contributed by atoms with Gasteiger partial charge in [-0.25, -0.2) is 0 Å². The predicted molar refractivity (Wildman–Crippen MR) is 73.1 cm³/mol. The first-order valence-electron chi connectivity index (χ1n) is 6.18. The molecule has 1 aromatic rings. The van der Waals surface area contributed by atoms with E-state index in [9.17, 15) is 0 Å². The molecule has 0 aliphatic heterocycles. The second-order valence-electron chi connectivity index (χ2n) is 3.98. The first kappa shape index (κ1) is 14.7. The van der Waals surface area contributed by atoms with Crippen molar-refractivity contribution >= 4 is 15.9 Å². The molecular formula is C12H22BrN3O. The van der Waals surface area contributed by atoms with Crippen molar-refractivity contribution in [2.75, 3.05) is 20.3 Å². The molecule has 0 aliphatic carbocycles. The van der Waals surface area contributed by atoms with Gasteiger partial charge in [0.15, 0.2) is 0 Å². The maximum atomic E-state index is 5.18. The largest absolute Gasteiger partial charge is 0.385 e. The second-order valence-corrected chi connectivity index (χ2v) is 4.84. The van der Waals surface area contributed by atoms with Crippen LogP contribution in [0.1, 0.15) is 38.4 Å². The number of hydrogen-bond donors (Lipinski definition) is 1. The molecule has 98 valence electrons. The number of rotatable bonds is 8. The van der Waals surface area contributed by atoms with Gasteiger partial charge in [-0.05, 0) is 42.2 Å². The average molecular weight is 304 g/mol. The van der Waals surface area contributed by atoms with Gasteiger partial charge in [-0.2, -0.15) is 5.10 Å². The number of aryl methyl sites for hydroxylation is 1. The predicted octanol–water partition coefficient (Wildman–Crippen LogP) is 2.74. The number of aromatic nitrogens is 2. The molecular weight excluding hydrogens is 282 g/mol. The van der Waals surface area contributed by atoms with Crippen LogP contribution in [0.5, 0.6) is 0 Å². The van der Waals surface area contributed by atoms with E-state index in [1.807, 2.05) is 10.9 Å². The fraction of sp³-hybridized carbons (Fsp3) is 0.750. The van der Waals surface area contributed by atoms with Crippen LogP contribution < -0.4 is 5.32 Å². The molecule has 1 atom stereocenters. The van der Waals surface area contributed by atoms with Crippen molar-refractivity contribution in [2.24, 2.45) is 0 Å². The Kier molecular flexibility index (Phi) is 6.77. The minimum atomic E-state index is 0.298. The van der Waals surface area contributed by atoms with Gasteiger partial charge in [-0.1, -0.05) is 6.92 Å². The molecule has 0 aromatic carbocycles. The fourth-order valence-corrected chi connectivity index (χ4v) is 2.43. The smallest absolute Gasteiger partial charge is 0.0696 e. The number of nitrogens with zero attached hydrogens (tertiary/aromatic N) is 2. The topological polar surface area (TPSA) is 39.1 Å². The van der Waals surface area contributed by atoms with Crippen molar-refractivity contribution in [3.63, 3.8) is 0 Å². The molecule has 0 fully saturated rings. The lowest BCUT2D eigenvalue weighted by Gasteiger charge is -2.20. The molecule has 0 saturated heterocycles. The Morgan fingerprint density at radius 3 is 2.88 bits per heavy atom. The summed E-state index contributed by atoms with van der Waals surface area (Å²) in [6.07, 6.45) is 3.95. The van der Waals surface area contributed by atoms with Crippen LogP contribution in [0.3, 0.4) is 0 Å². The number of methoxy groups -OCH3 is 1. The number of nitrogens with one attached hydrogen (secondary N) is 1. The summed E-state index contributed by atoms with van der Waals surface area (Å²) in [6.45, 7) is 6.93. The molecule has 1 heterocycles. The van der Waals surface area contributed by atoms with Gasteiger partial charge in [0.05, 0.1) is 22.4 Å². The van der Waals surface area contributed by atoms with Gasteiger partial charge >= 0.3 is 0 Å². The summed E-state index contributed by atoms with van der Waals surface area (Å²) in [7, 11) is 1.74. The molecule has 0 bridgehead atoms. The molecule has 1 unspecified atom stereocenters. The van der Waals surface area contributed by atoms with Crippen LogP contribution in [0.25, 0.3) is 0 Å². The van der Waals surface area contributed by atoms with Crippen LogP contribution in [-0.4, -0.2) is 30.0 Å². The first-order valence-corrected chi connectivity index (χ1v) is 6.97. The highest BCUT2D eigenvalue weighted by Crippen LogP contribution is 2.25. The zero-order valence-corrected chi connectivity index (χ0v) is 12.5. The third-order valence-corrected chi connectivity index (χ3v) is 3.33. The Labute approximate surface area is 112 Å². The summed E-state index contributed by atoms with van der Waals surface area (Å²) >= 11 is 3.58. The van der Waals surface area contributed by atoms with E-state index in [4.69, 9.17) is 4.74 Å². The lowest BCUT2D eigenvalue weighted by molar-refractivity contribution is 0.181. The van der Waals surface area contributed by atoms with Gasteiger partial charge < -0.3 is 10.1 Å². The molecule has 0 radical (unpaired) electrons.